The predicted octanol–water partition coefficient (Wildman–Crippen LogP) is -0.325. The van der Waals surface area contributed by atoms with Gasteiger partial charge in [-0.05, 0) is 13.3 Å². The van der Waals surface area contributed by atoms with Gasteiger partial charge < -0.3 is 10.1 Å². The molecule has 0 aromatic heterocycles. The molecule has 17 heavy (non-hydrogen) atoms. The molecule has 0 radical (unpaired) electrons. The first-order valence-electron chi connectivity index (χ1n) is 5.59. The van der Waals surface area contributed by atoms with Crippen molar-refractivity contribution in [1.82, 2.24) is 10.2 Å². The zero-order valence-electron chi connectivity index (χ0n) is 10.4. The SMILES string of the molecule is COC(=O)CC(C)NC1CCC(=O)N(C)C1=O. The zero-order valence-corrected chi connectivity index (χ0v) is 10.4. The Kier molecular flexibility index (Phi) is 4.62. The van der Waals surface area contributed by atoms with Gasteiger partial charge in [-0.2, -0.15) is 0 Å². The van der Waals surface area contributed by atoms with Gasteiger partial charge >= 0.3 is 5.97 Å². The number of nitrogens with one attached hydrogen (secondary N) is 1. The maximum absolute atomic E-state index is 11.8. The molecule has 0 aromatic carbocycles. The highest BCUT2D eigenvalue weighted by Crippen LogP contribution is 2.12. The summed E-state index contributed by atoms with van der Waals surface area (Å²) in [7, 11) is 2.80. The lowest BCUT2D eigenvalue weighted by molar-refractivity contribution is -0.149. The van der Waals surface area contributed by atoms with Crippen molar-refractivity contribution in [2.75, 3.05) is 14.2 Å². The molecule has 0 aliphatic carbocycles. The Bertz CT molecular complexity index is 329. The number of likely N-dealkylation sites (N-methyl/N-ethyl adjacent to an activating group) is 1. The minimum absolute atomic E-state index is 0.155. The number of esters is 1. The lowest BCUT2D eigenvalue weighted by Crippen LogP contribution is -2.53. The van der Waals surface area contributed by atoms with E-state index in [2.05, 4.69) is 10.1 Å². The van der Waals surface area contributed by atoms with Crippen LogP contribution in [0.2, 0.25) is 0 Å². The van der Waals surface area contributed by atoms with E-state index in [1.54, 1.807) is 6.92 Å². The summed E-state index contributed by atoms with van der Waals surface area (Å²) in [6.45, 7) is 1.81. The van der Waals surface area contributed by atoms with Crippen molar-refractivity contribution in [3.05, 3.63) is 0 Å². The van der Waals surface area contributed by atoms with Gasteiger partial charge in [0.2, 0.25) is 11.8 Å². The van der Waals surface area contributed by atoms with Crippen molar-refractivity contribution in [2.24, 2.45) is 0 Å². The Balaban J connectivity index is 2.49. The number of imide groups is 1. The molecule has 1 fully saturated rings. The summed E-state index contributed by atoms with van der Waals surface area (Å²) in [5.74, 6) is -0.718. The van der Waals surface area contributed by atoms with Crippen molar-refractivity contribution in [2.45, 2.75) is 38.3 Å². The number of hydrogen-bond donors (Lipinski definition) is 1. The smallest absolute Gasteiger partial charge is 0.307 e. The van der Waals surface area contributed by atoms with Crippen molar-refractivity contribution in [3.8, 4) is 0 Å². The Morgan fingerprint density at radius 3 is 2.82 bits per heavy atom. The van der Waals surface area contributed by atoms with E-state index in [0.29, 0.717) is 12.8 Å². The van der Waals surface area contributed by atoms with Gasteiger partial charge in [-0.1, -0.05) is 0 Å². The highest BCUT2D eigenvalue weighted by molar-refractivity contribution is 6.00. The minimum Gasteiger partial charge on any atom is -0.469 e. The molecule has 0 spiro atoms. The van der Waals surface area contributed by atoms with Crippen LogP contribution in [0.4, 0.5) is 0 Å². The molecular formula is C11H18N2O4. The molecule has 2 amide bonds. The van der Waals surface area contributed by atoms with Crippen LogP contribution in [0.25, 0.3) is 0 Å². The number of ether oxygens (including phenoxy) is 1. The minimum atomic E-state index is -0.391. The number of rotatable bonds is 4. The third-order valence-electron chi connectivity index (χ3n) is 2.84. The van der Waals surface area contributed by atoms with Crippen LogP contribution in [0, 0.1) is 0 Å². The first kappa shape index (κ1) is 13.6. The molecule has 0 aromatic rings. The van der Waals surface area contributed by atoms with Gasteiger partial charge in [-0.25, -0.2) is 0 Å². The molecule has 1 saturated heterocycles. The average molecular weight is 242 g/mol. The Morgan fingerprint density at radius 1 is 1.59 bits per heavy atom. The van der Waals surface area contributed by atoms with Gasteiger partial charge in [0, 0.05) is 19.5 Å². The number of hydrogen-bond acceptors (Lipinski definition) is 5. The molecule has 6 heteroatoms. The second-order valence-corrected chi connectivity index (χ2v) is 4.23. The monoisotopic (exact) mass is 242 g/mol. The maximum atomic E-state index is 11.8. The van der Waals surface area contributed by atoms with Gasteiger partial charge in [-0.3, -0.25) is 19.3 Å². The number of carbonyl (C=O) groups excluding carboxylic acids is 3. The fourth-order valence-electron chi connectivity index (χ4n) is 1.81. The predicted molar refractivity (Wildman–Crippen MR) is 60.0 cm³/mol. The lowest BCUT2D eigenvalue weighted by Gasteiger charge is -2.30. The third-order valence-corrected chi connectivity index (χ3v) is 2.84. The van der Waals surface area contributed by atoms with E-state index in [-0.39, 0.29) is 30.2 Å². The third kappa shape index (κ3) is 3.52. The normalized spacial score (nSPS) is 22.5. The molecule has 0 bridgehead atoms. The molecular weight excluding hydrogens is 224 g/mol. The van der Waals surface area contributed by atoms with Crippen LogP contribution in [-0.2, 0) is 19.1 Å². The van der Waals surface area contributed by atoms with Crippen LogP contribution in [0.3, 0.4) is 0 Å². The van der Waals surface area contributed by atoms with Crippen molar-refractivity contribution in [1.29, 1.82) is 0 Å². The van der Waals surface area contributed by atoms with E-state index in [0.717, 1.165) is 4.90 Å². The van der Waals surface area contributed by atoms with Crippen molar-refractivity contribution >= 4 is 17.8 Å². The zero-order chi connectivity index (χ0) is 13.0. The average Bonchev–Trinajstić information content (AvgIpc) is 2.29. The number of carbonyl (C=O) groups is 3. The number of amides is 2. The van der Waals surface area contributed by atoms with Gasteiger partial charge in [0.1, 0.15) is 0 Å². The number of nitrogens with zero attached hydrogens (tertiary/aromatic N) is 1. The molecule has 2 unspecified atom stereocenters. The van der Waals surface area contributed by atoms with Gasteiger partial charge in [0.25, 0.3) is 0 Å². The summed E-state index contributed by atoms with van der Waals surface area (Å²) < 4.78 is 4.55. The summed E-state index contributed by atoms with van der Waals surface area (Å²) in [5.41, 5.74) is 0. The fraction of sp³-hybridized carbons (Fsp3) is 0.727. The van der Waals surface area contributed by atoms with E-state index in [1.807, 2.05) is 0 Å². The van der Waals surface area contributed by atoms with Crippen LogP contribution >= 0.6 is 0 Å². The molecule has 2 atom stereocenters. The highest BCUT2D eigenvalue weighted by atomic mass is 16.5. The number of methoxy groups -OCH3 is 1. The fourth-order valence-corrected chi connectivity index (χ4v) is 1.81. The summed E-state index contributed by atoms with van der Waals surface area (Å²) >= 11 is 0. The topological polar surface area (TPSA) is 75.7 Å². The van der Waals surface area contributed by atoms with Crippen LogP contribution in [0.1, 0.15) is 26.2 Å². The Hall–Kier alpha value is -1.43. The Labute approximate surface area is 100 Å². The summed E-state index contributed by atoms with van der Waals surface area (Å²) in [6.07, 6.45) is 1.04. The van der Waals surface area contributed by atoms with Crippen LogP contribution in [-0.4, -0.2) is 48.9 Å². The van der Waals surface area contributed by atoms with Gasteiger partial charge in [0.05, 0.1) is 19.6 Å². The maximum Gasteiger partial charge on any atom is 0.307 e. The van der Waals surface area contributed by atoms with Crippen molar-refractivity contribution in [3.63, 3.8) is 0 Å². The quantitative estimate of drug-likeness (QED) is 0.540. The lowest BCUT2D eigenvalue weighted by atomic mass is 10.0. The van der Waals surface area contributed by atoms with Gasteiger partial charge in [-0.15, -0.1) is 0 Å². The Morgan fingerprint density at radius 2 is 2.24 bits per heavy atom. The van der Waals surface area contributed by atoms with E-state index < -0.39 is 6.04 Å². The summed E-state index contributed by atoms with van der Waals surface area (Å²) in [6, 6.07) is -0.546. The first-order valence-corrected chi connectivity index (χ1v) is 5.59. The molecule has 0 saturated carbocycles. The van der Waals surface area contributed by atoms with Crippen molar-refractivity contribution < 1.29 is 19.1 Å². The highest BCUT2D eigenvalue weighted by Gasteiger charge is 2.32. The number of piperidine rings is 1. The van der Waals surface area contributed by atoms with Crippen LogP contribution in [0.15, 0.2) is 0 Å². The van der Waals surface area contributed by atoms with E-state index in [9.17, 15) is 14.4 Å². The molecule has 1 aliphatic rings. The first-order chi connectivity index (χ1) is 7.95. The van der Waals surface area contributed by atoms with E-state index >= 15 is 0 Å². The molecule has 1 heterocycles. The second kappa shape index (κ2) is 5.77. The largest absolute Gasteiger partial charge is 0.469 e. The molecule has 1 rings (SSSR count). The summed E-state index contributed by atoms with van der Waals surface area (Å²) in [4.78, 5) is 35.2. The van der Waals surface area contributed by atoms with Crippen LogP contribution in [0.5, 0.6) is 0 Å². The summed E-state index contributed by atoms with van der Waals surface area (Å²) in [5, 5.41) is 3.04. The molecule has 1 aliphatic heterocycles. The molecule has 96 valence electrons. The molecule has 1 N–H and O–H groups in total. The molecule has 6 nitrogen and oxygen atoms in total. The van der Waals surface area contributed by atoms with Crippen LogP contribution < -0.4 is 5.32 Å². The number of likely N-dealkylation sites (tertiary alicyclic amines) is 1. The standard InChI is InChI=1S/C11H18N2O4/c1-7(6-10(15)17-3)12-8-4-5-9(14)13(2)11(8)16/h7-8,12H,4-6H2,1-3H3. The van der Waals surface area contributed by atoms with E-state index in [4.69, 9.17) is 0 Å². The van der Waals surface area contributed by atoms with E-state index in [1.165, 1.54) is 14.2 Å². The second-order valence-electron chi connectivity index (χ2n) is 4.23. The van der Waals surface area contributed by atoms with Gasteiger partial charge in [0.15, 0.2) is 0 Å².